The second kappa shape index (κ2) is 1.96. The van der Waals surface area contributed by atoms with E-state index in [2.05, 4.69) is 0 Å². The summed E-state index contributed by atoms with van der Waals surface area (Å²) < 4.78 is 0. The zero-order chi connectivity index (χ0) is 7.07. The third kappa shape index (κ3) is 0.970. The van der Waals surface area contributed by atoms with Crippen LogP contribution in [-0.2, 0) is 0 Å². The molecular formula is C7H14O2. The highest BCUT2D eigenvalue weighted by atomic mass is 16.3. The van der Waals surface area contributed by atoms with E-state index in [1.807, 2.05) is 13.8 Å². The van der Waals surface area contributed by atoms with Crippen molar-refractivity contribution < 1.29 is 10.2 Å². The summed E-state index contributed by atoms with van der Waals surface area (Å²) in [6.07, 6.45) is 0.689. The van der Waals surface area contributed by atoms with E-state index in [1.54, 1.807) is 0 Å². The van der Waals surface area contributed by atoms with Crippen LogP contribution in [0.25, 0.3) is 0 Å². The largest absolute Gasteiger partial charge is 0.396 e. The van der Waals surface area contributed by atoms with Gasteiger partial charge in [0.1, 0.15) is 0 Å². The van der Waals surface area contributed by atoms with Crippen molar-refractivity contribution in [2.24, 2.45) is 11.3 Å². The zero-order valence-electron chi connectivity index (χ0n) is 5.96. The van der Waals surface area contributed by atoms with Gasteiger partial charge in [-0.1, -0.05) is 13.8 Å². The molecule has 54 valence electrons. The second-order valence-corrected chi connectivity index (χ2v) is 3.31. The van der Waals surface area contributed by atoms with Crippen molar-refractivity contribution in [2.75, 3.05) is 6.61 Å². The van der Waals surface area contributed by atoms with Crippen LogP contribution in [0.3, 0.4) is 0 Å². The predicted molar refractivity (Wildman–Crippen MR) is 35.0 cm³/mol. The Morgan fingerprint density at radius 2 is 2.22 bits per heavy atom. The average molecular weight is 130 g/mol. The molecule has 1 unspecified atom stereocenters. The Hall–Kier alpha value is -0.0800. The number of aliphatic hydroxyl groups is 2. The number of rotatable bonds is 2. The molecule has 1 aliphatic rings. The first kappa shape index (κ1) is 7.03. The number of aliphatic hydroxyl groups excluding tert-OH is 2. The lowest BCUT2D eigenvalue weighted by atomic mass is 9.93. The first-order valence-electron chi connectivity index (χ1n) is 3.40. The van der Waals surface area contributed by atoms with E-state index in [0.29, 0.717) is 0 Å². The van der Waals surface area contributed by atoms with E-state index in [-0.39, 0.29) is 24.0 Å². The Morgan fingerprint density at radius 1 is 1.78 bits per heavy atom. The summed E-state index contributed by atoms with van der Waals surface area (Å²) in [5, 5.41) is 17.8. The molecule has 0 aromatic carbocycles. The van der Waals surface area contributed by atoms with Crippen LogP contribution in [0, 0.1) is 11.3 Å². The fraction of sp³-hybridized carbons (Fsp3) is 1.00. The smallest absolute Gasteiger partial charge is 0.0604 e. The van der Waals surface area contributed by atoms with E-state index in [0.717, 1.165) is 6.42 Å². The van der Waals surface area contributed by atoms with Crippen LogP contribution in [0.15, 0.2) is 0 Å². The van der Waals surface area contributed by atoms with E-state index in [9.17, 15) is 0 Å². The zero-order valence-corrected chi connectivity index (χ0v) is 5.96. The number of hydrogen-bond acceptors (Lipinski definition) is 2. The summed E-state index contributed by atoms with van der Waals surface area (Å²) in [5.41, 5.74) is 0.0226. The van der Waals surface area contributed by atoms with Crippen molar-refractivity contribution in [2.45, 2.75) is 26.4 Å². The van der Waals surface area contributed by atoms with Crippen LogP contribution in [0.2, 0.25) is 0 Å². The Balaban J connectivity index is 2.43. The van der Waals surface area contributed by atoms with Gasteiger partial charge in [-0.05, 0) is 12.3 Å². The van der Waals surface area contributed by atoms with Crippen LogP contribution < -0.4 is 0 Å². The maximum atomic E-state index is 9.08. The summed E-state index contributed by atoms with van der Waals surface area (Å²) in [5.74, 6) is 0.243. The fourth-order valence-corrected chi connectivity index (χ4v) is 1.10. The molecule has 9 heavy (non-hydrogen) atoms. The summed E-state index contributed by atoms with van der Waals surface area (Å²) in [6.45, 7) is 4.17. The molecule has 0 aliphatic heterocycles. The van der Waals surface area contributed by atoms with E-state index >= 15 is 0 Å². The predicted octanol–water partition coefficient (Wildman–Crippen LogP) is 0.386. The van der Waals surface area contributed by atoms with Crippen LogP contribution in [0.4, 0.5) is 0 Å². The van der Waals surface area contributed by atoms with E-state index in [4.69, 9.17) is 10.2 Å². The molecule has 1 saturated carbocycles. The van der Waals surface area contributed by atoms with Gasteiger partial charge in [-0.3, -0.25) is 0 Å². The molecule has 0 aromatic heterocycles. The van der Waals surface area contributed by atoms with Crippen LogP contribution in [-0.4, -0.2) is 22.9 Å². The molecule has 1 aliphatic carbocycles. The molecule has 0 amide bonds. The summed E-state index contributed by atoms with van der Waals surface area (Å²) >= 11 is 0. The second-order valence-electron chi connectivity index (χ2n) is 3.31. The third-order valence-electron chi connectivity index (χ3n) is 2.63. The summed E-state index contributed by atoms with van der Waals surface area (Å²) in [6, 6.07) is 0. The molecule has 2 nitrogen and oxygen atoms in total. The Kier molecular flexibility index (Phi) is 1.53. The van der Waals surface area contributed by atoms with E-state index < -0.39 is 0 Å². The molecule has 0 radical (unpaired) electrons. The highest BCUT2D eigenvalue weighted by Crippen LogP contribution is 2.51. The van der Waals surface area contributed by atoms with Gasteiger partial charge in [0.2, 0.25) is 0 Å². The molecule has 0 bridgehead atoms. The maximum Gasteiger partial charge on any atom is 0.0604 e. The van der Waals surface area contributed by atoms with Gasteiger partial charge >= 0.3 is 0 Å². The van der Waals surface area contributed by atoms with Gasteiger partial charge in [0.15, 0.2) is 0 Å². The van der Waals surface area contributed by atoms with Crippen molar-refractivity contribution in [3.8, 4) is 0 Å². The van der Waals surface area contributed by atoms with Gasteiger partial charge in [-0.15, -0.1) is 0 Å². The molecule has 3 atom stereocenters. The van der Waals surface area contributed by atoms with Crippen molar-refractivity contribution in [1.29, 1.82) is 0 Å². The van der Waals surface area contributed by atoms with Gasteiger partial charge in [-0.25, -0.2) is 0 Å². The standard InChI is InChI=1S/C7H14O2/c1-5(4-8)7(2)3-6(7)9/h5-6,8-9H,3-4H2,1-2H3/t5?,6-,7+/m0/s1. The molecular weight excluding hydrogens is 116 g/mol. The monoisotopic (exact) mass is 130 g/mol. The molecule has 0 saturated heterocycles. The van der Waals surface area contributed by atoms with Crippen LogP contribution in [0.1, 0.15) is 20.3 Å². The Bertz CT molecular complexity index is 113. The van der Waals surface area contributed by atoms with Gasteiger partial charge in [0.25, 0.3) is 0 Å². The van der Waals surface area contributed by atoms with Crippen molar-refractivity contribution >= 4 is 0 Å². The SMILES string of the molecule is CC(CO)[C@@]1(C)C[C@@H]1O. The molecule has 0 heterocycles. The molecule has 0 aromatic rings. The quantitative estimate of drug-likeness (QED) is 0.567. The minimum Gasteiger partial charge on any atom is -0.396 e. The molecule has 1 rings (SSSR count). The fourth-order valence-electron chi connectivity index (χ4n) is 1.10. The van der Waals surface area contributed by atoms with Gasteiger partial charge in [0, 0.05) is 12.0 Å². The minimum atomic E-state index is -0.167. The van der Waals surface area contributed by atoms with Crippen LogP contribution >= 0.6 is 0 Å². The Morgan fingerprint density at radius 3 is 2.33 bits per heavy atom. The van der Waals surface area contributed by atoms with E-state index in [1.165, 1.54) is 0 Å². The van der Waals surface area contributed by atoms with Crippen LogP contribution in [0.5, 0.6) is 0 Å². The third-order valence-corrected chi connectivity index (χ3v) is 2.63. The maximum absolute atomic E-state index is 9.08. The van der Waals surface area contributed by atoms with Gasteiger partial charge < -0.3 is 10.2 Å². The Labute approximate surface area is 55.5 Å². The normalized spacial score (nSPS) is 44.7. The minimum absolute atomic E-state index is 0.0226. The summed E-state index contributed by atoms with van der Waals surface area (Å²) in [7, 11) is 0. The van der Waals surface area contributed by atoms with Crippen molar-refractivity contribution in [3.05, 3.63) is 0 Å². The lowest BCUT2D eigenvalue weighted by Crippen LogP contribution is -2.16. The summed E-state index contributed by atoms with van der Waals surface area (Å²) in [4.78, 5) is 0. The van der Waals surface area contributed by atoms with Gasteiger partial charge in [-0.2, -0.15) is 0 Å². The van der Waals surface area contributed by atoms with Crippen molar-refractivity contribution in [3.63, 3.8) is 0 Å². The molecule has 0 spiro atoms. The number of hydrogen-bond donors (Lipinski definition) is 2. The van der Waals surface area contributed by atoms with Crippen molar-refractivity contribution in [1.82, 2.24) is 0 Å². The first-order chi connectivity index (χ1) is 4.11. The highest BCUT2D eigenvalue weighted by Gasteiger charge is 2.52. The first-order valence-corrected chi connectivity index (χ1v) is 3.40. The molecule has 2 N–H and O–H groups in total. The van der Waals surface area contributed by atoms with Gasteiger partial charge in [0.05, 0.1) is 6.10 Å². The average Bonchev–Trinajstić information content (AvgIpc) is 2.41. The molecule has 2 heteroatoms. The topological polar surface area (TPSA) is 40.5 Å². The molecule has 1 fully saturated rings. The highest BCUT2D eigenvalue weighted by molar-refractivity contribution is 5.02. The lowest BCUT2D eigenvalue weighted by Gasteiger charge is -2.15. The lowest BCUT2D eigenvalue weighted by molar-refractivity contribution is 0.137.